The highest BCUT2D eigenvalue weighted by Crippen LogP contribution is 2.15. The zero-order chi connectivity index (χ0) is 10.1. The number of tetrazole rings is 2. The first-order valence-corrected chi connectivity index (χ1v) is 4.12. The SMILES string of the molecule is C1=CN(c2nn[nH]n2)CN1c1nn[nH]n1. The van der Waals surface area contributed by atoms with Gasteiger partial charge in [0.15, 0.2) is 0 Å². The van der Waals surface area contributed by atoms with Crippen molar-refractivity contribution in [1.82, 2.24) is 41.2 Å². The summed E-state index contributed by atoms with van der Waals surface area (Å²) in [7, 11) is 0. The van der Waals surface area contributed by atoms with E-state index in [4.69, 9.17) is 0 Å². The van der Waals surface area contributed by atoms with Crippen molar-refractivity contribution in [3.63, 3.8) is 0 Å². The number of nitrogens with one attached hydrogen (secondary N) is 2. The lowest BCUT2D eigenvalue weighted by atomic mass is 10.7. The van der Waals surface area contributed by atoms with Crippen LogP contribution in [-0.2, 0) is 0 Å². The Morgan fingerprint density at radius 2 is 1.47 bits per heavy atom. The van der Waals surface area contributed by atoms with E-state index in [1.807, 2.05) is 0 Å². The molecule has 10 heteroatoms. The van der Waals surface area contributed by atoms with E-state index in [0.717, 1.165) is 0 Å². The van der Waals surface area contributed by atoms with E-state index < -0.39 is 0 Å². The number of aromatic amines is 2. The predicted octanol–water partition coefficient (Wildman–Crippen LogP) is -1.53. The van der Waals surface area contributed by atoms with Crippen LogP contribution in [0.2, 0.25) is 0 Å². The molecule has 0 saturated carbocycles. The molecule has 0 saturated heterocycles. The molecule has 0 fully saturated rings. The third-order valence-corrected chi connectivity index (χ3v) is 1.91. The Labute approximate surface area is 83.0 Å². The summed E-state index contributed by atoms with van der Waals surface area (Å²) >= 11 is 0. The lowest BCUT2D eigenvalue weighted by molar-refractivity contribution is 0.881. The van der Waals surface area contributed by atoms with Crippen LogP contribution < -0.4 is 9.80 Å². The van der Waals surface area contributed by atoms with Gasteiger partial charge in [-0.2, -0.15) is 10.4 Å². The smallest absolute Gasteiger partial charge is 0.271 e. The number of nitrogens with zero attached hydrogens (tertiary/aromatic N) is 8. The zero-order valence-electron chi connectivity index (χ0n) is 7.44. The van der Waals surface area contributed by atoms with Crippen LogP contribution in [0.3, 0.4) is 0 Å². The minimum Gasteiger partial charge on any atom is -0.294 e. The Morgan fingerprint density at radius 3 is 1.87 bits per heavy atom. The zero-order valence-corrected chi connectivity index (χ0v) is 7.44. The van der Waals surface area contributed by atoms with Gasteiger partial charge in [0.1, 0.15) is 6.67 Å². The first kappa shape index (κ1) is 7.84. The van der Waals surface area contributed by atoms with E-state index in [9.17, 15) is 0 Å². The van der Waals surface area contributed by atoms with Crippen LogP contribution in [0.15, 0.2) is 12.4 Å². The maximum absolute atomic E-state index is 3.85. The first-order valence-electron chi connectivity index (χ1n) is 4.12. The Bertz CT molecular complexity index is 400. The van der Waals surface area contributed by atoms with Crippen LogP contribution in [0.25, 0.3) is 0 Å². The second-order valence-corrected chi connectivity index (χ2v) is 2.80. The molecule has 2 aromatic rings. The Morgan fingerprint density at radius 1 is 0.933 bits per heavy atom. The summed E-state index contributed by atoms with van der Waals surface area (Å²) in [4.78, 5) is 3.58. The van der Waals surface area contributed by atoms with Gasteiger partial charge in [-0.15, -0.1) is 10.2 Å². The van der Waals surface area contributed by atoms with Crippen molar-refractivity contribution in [3.05, 3.63) is 12.4 Å². The van der Waals surface area contributed by atoms with Crippen molar-refractivity contribution in [1.29, 1.82) is 0 Å². The van der Waals surface area contributed by atoms with Gasteiger partial charge in [-0.25, -0.2) is 0 Å². The van der Waals surface area contributed by atoms with Crippen LogP contribution >= 0.6 is 0 Å². The Hall–Kier alpha value is -2.52. The molecule has 10 nitrogen and oxygen atoms in total. The second-order valence-electron chi connectivity index (χ2n) is 2.80. The van der Waals surface area contributed by atoms with Gasteiger partial charge >= 0.3 is 0 Å². The van der Waals surface area contributed by atoms with Crippen molar-refractivity contribution in [2.75, 3.05) is 16.5 Å². The summed E-state index contributed by atoms with van der Waals surface area (Å²) < 4.78 is 0. The normalized spacial score (nSPS) is 15.2. The van der Waals surface area contributed by atoms with E-state index in [0.29, 0.717) is 18.6 Å². The van der Waals surface area contributed by atoms with E-state index in [1.54, 1.807) is 22.2 Å². The molecule has 0 bridgehead atoms. The standard InChI is InChI=1S/C5H6N10/c1-2-15(5-8-12-13-9-5)3-14(1)4-6-10-11-7-4/h1-2H,3H2,(H,6,7,10,11)(H,8,9,12,13). The topological polar surface area (TPSA) is 115 Å². The Kier molecular flexibility index (Phi) is 1.57. The number of hydrogen-bond donors (Lipinski definition) is 2. The maximum Gasteiger partial charge on any atom is 0.271 e. The molecule has 2 aromatic heterocycles. The fraction of sp³-hybridized carbons (Fsp3) is 0.200. The van der Waals surface area contributed by atoms with E-state index in [1.165, 1.54) is 0 Å². The van der Waals surface area contributed by atoms with Crippen molar-refractivity contribution in [3.8, 4) is 0 Å². The minimum absolute atomic E-state index is 0.497. The van der Waals surface area contributed by atoms with Gasteiger partial charge in [0.05, 0.1) is 0 Å². The molecule has 0 radical (unpaired) electrons. The number of aromatic nitrogens is 8. The van der Waals surface area contributed by atoms with Crippen LogP contribution in [0, 0.1) is 0 Å². The fourth-order valence-corrected chi connectivity index (χ4v) is 1.24. The molecule has 0 spiro atoms. The first-order chi connectivity index (χ1) is 7.43. The number of rotatable bonds is 2. The largest absolute Gasteiger partial charge is 0.294 e. The number of hydrogen-bond acceptors (Lipinski definition) is 8. The molecule has 76 valence electrons. The minimum atomic E-state index is 0.497. The third kappa shape index (κ3) is 1.27. The summed E-state index contributed by atoms with van der Waals surface area (Å²) in [6.45, 7) is 0.527. The van der Waals surface area contributed by atoms with Gasteiger partial charge in [0.25, 0.3) is 11.9 Å². The molecule has 2 N–H and O–H groups in total. The maximum atomic E-state index is 3.85. The molecule has 3 rings (SSSR count). The molecule has 0 unspecified atom stereocenters. The van der Waals surface area contributed by atoms with E-state index in [2.05, 4.69) is 41.2 Å². The van der Waals surface area contributed by atoms with Crippen molar-refractivity contribution >= 4 is 11.9 Å². The lowest BCUT2D eigenvalue weighted by Gasteiger charge is -2.13. The van der Waals surface area contributed by atoms with Crippen LogP contribution in [0.4, 0.5) is 11.9 Å². The molecule has 0 aromatic carbocycles. The highest BCUT2D eigenvalue weighted by atomic mass is 15.6. The van der Waals surface area contributed by atoms with Gasteiger partial charge in [-0.3, -0.25) is 9.80 Å². The fourth-order valence-electron chi connectivity index (χ4n) is 1.24. The van der Waals surface area contributed by atoms with E-state index >= 15 is 0 Å². The molecule has 0 aliphatic carbocycles. The third-order valence-electron chi connectivity index (χ3n) is 1.91. The highest BCUT2D eigenvalue weighted by Gasteiger charge is 2.20. The highest BCUT2D eigenvalue weighted by molar-refractivity contribution is 5.45. The molecule has 0 atom stereocenters. The Balaban J connectivity index is 1.78. The van der Waals surface area contributed by atoms with Crippen LogP contribution in [-0.4, -0.2) is 47.9 Å². The number of H-pyrrole nitrogens is 2. The summed E-state index contributed by atoms with van der Waals surface area (Å²) in [6.07, 6.45) is 3.61. The average molecular weight is 206 g/mol. The van der Waals surface area contributed by atoms with Gasteiger partial charge in [-0.1, -0.05) is 10.2 Å². The summed E-state index contributed by atoms with van der Waals surface area (Å²) in [5, 5.41) is 27.1. The molecular weight excluding hydrogens is 200 g/mol. The van der Waals surface area contributed by atoms with Crippen molar-refractivity contribution in [2.24, 2.45) is 0 Å². The average Bonchev–Trinajstić information content (AvgIpc) is 3.02. The second kappa shape index (κ2) is 3.01. The van der Waals surface area contributed by atoms with Crippen molar-refractivity contribution in [2.45, 2.75) is 0 Å². The molecule has 1 aliphatic rings. The quantitative estimate of drug-likeness (QED) is 0.607. The molecule has 15 heavy (non-hydrogen) atoms. The summed E-state index contributed by atoms with van der Waals surface area (Å²) in [5.41, 5.74) is 0. The van der Waals surface area contributed by atoms with Gasteiger partial charge in [-0.05, 0) is 10.4 Å². The van der Waals surface area contributed by atoms with Gasteiger partial charge in [0, 0.05) is 12.4 Å². The molecule has 0 amide bonds. The lowest BCUT2D eigenvalue weighted by Crippen LogP contribution is -2.26. The van der Waals surface area contributed by atoms with Gasteiger partial charge < -0.3 is 0 Å². The number of anilines is 2. The molecule has 3 heterocycles. The van der Waals surface area contributed by atoms with Crippen LogP contribution in [0.1, 0.15) is 0 Å². The molecular formula is C5H6N10. The van der Waals surface area contributed by atoms with Gasteiger partial charge in [0.2, 0.25) is 0 Å². The van der Waals surface area contributed by atoms with Crippen molar-refractivity contribution < 1.29 is 0 Å². The monoisotopic (exact) mass is 206 g/mol. The van der Waals surface area contributed by atoms with E-state index in [-0.39, 0.29) is 0 Å². The summed E-state index contributed by atoms with van der Waals surface area (Å²) in [6, 6.07) is 0. The van der Waals surface area contributed by atoms with Crippen LogP contribution in [0.5, 0.6) is 0 Å². The molecule has 1 aliphatic heterocycles. The summed E-state index contributed by atoms with van der Waals surface area (Å²) in [5.74, 6) is 0.995. The predicted molar refractivity (Wildman–Crippen MR) is 47.3 cm³/mol.